The number of nitrogens with one attached hydrogen (secondary N) is 1. The van der Waals surface area contributed by atoms with Crippen molar-refractivity contribution in [3.63, 3.8) is 0 Å². The number of carboxylic acids is 1. The van der Waals surface area contributed by atoms with Gasteiger partial charge in [-0.1, -0.05) is 6.07 Å². The van der Waals surface area contributed by atoms with Crippen LogP contribution in [0.25, 0.3) is 0 Å². The molecule has 1 rings (SSSR count). The van der Waals surface area contributed by atoms with Gasteiger partial charge in [-0.15, -0.1) is 0 Å². The van der Waals surface area contributed by atoms with Gasteiger partial charge in [0.2, 0.25) is 5.91 Å². The van der Waals surface area contributed by atoms with E-state index in [2.05, 4.69) is 5.32 Å². The molecule has 0 spiro atoms. The van der Waals surface area contributed by atoms with Crippen LogP contribution < -0.4 is 14.8 Å². The van der Waals surface area contributed by atoms with Gasteiger partial charge in [0.05, 0.1) is 20.1 Å². The van der Waals surface area contributed by atoms with Crippen molar-refractivity contribution in [1.82, 2.24) is 5.32 Å². The number of carboxylic acid groups (broad SMARTS) is 1. The van der Waals surface area contributed by atoms with Gasteiger partial charge < -0.3 is 19.9 Å². The Kier molecular flexibility index (Phi) is 7.08. The molecule has 0 aromatic heterocycles. The Bertz CT molecular complexity index is 487. The van der Waals surface area contributed by atoms with E-state index in [1.165, 1.54) is 0 Å². The van der Waals surface area contributed by atoms with Gasteiger partial charge in [0.15, 0.2) is 11.5 Å². The average Bonchev–Trinajstić information content (AvgIpc) is 2.46. The van der Waals surface area contributed by atoms with Gasteiger partial charge in [0.25, 0.3) is 0 Å². The number of aliphatic carboxylic acids is 1. The van der Waals surface area contributed by atoms with Gasteiger partial charge in [0, 0.05) is 13.0 Å². The van der Waals surface area contributed by atoms with E-state index in [9.17, 15) is 9.59 Å². The van der Waals surface area contributed by atoms with E-state index in [1.807, 2.05) is 25.1 Å². The molecule has 0 aliphatic rings. The summed E-state index contributed by atoms with van der Waals surface area (Å²) in [6.45, 7) is 2.90. The molecule has 0 radical (unpaired) electrons. The maximum atomic E-state index is 11.4. The fourth-order valence-electron chi connectivity index (χ4n) is 1.80. The highest BCUT2D eigenvalue weighted by molar-refractivity contribution is 5.80. The van der Waals surface area contributed by atoms with Crippen molar-refractivity contribution in [1.29, 1.82) is 0 Å². The van der Waals surface area contributed by atoms with E-state index in [0.717, 1.165) is 5.56 Å². The van der Waals surface area contributed by atoms with Crippen LogP contribution in [0.5, 0.6) is 11.5 Å². The Morgan fingerprint density at radius 2 is 2.00 bits per heavy atom. The molecule has 0 unspecified atom stereocenters. The minimum Gasteiger partial charge on any atom is -0.493 e. The van der Waals surface area contributed by atoms with Crippen molar-refractivity contribution in [2.24, 2.45) is 0 Å². The number of hydrogen-bond donors (Lipinski definition) is 2. The zero-order chi connectivity index (χ0) is 15.7. The Hall–Kier alpha value is -2.24. The smallest absolute Gasteiger partial charge is 0.303 e. The number of ether oxygens (including phenoxy) is 2. The summed E-state index contributed by atoms with van der Waals surface area (Å²) in [6, 6.07) is 5.61. The van der Waals surface area contributed by atoms with Crippen LogP contribution in [0.4, 0.5) is 0 Å². The highest BCUT2D eigenvalue weighted by atomic mass is 16.5. The van der Waals surface area contributed by atoms with Gasteiger partial charge in [-0.25, -0.2) is 0 Å². The largest absolute Gasteiger partial charge is 0.493 e. The highest BCUT2D eigenvalue weighted by Gasteiger charge is 2.07. The third-order valence-electron chi connectivity index (χ3n) is 2.83. The third kappa shape index (κ3) is 6.16. The lowest BCUT2D eigenvalue weighted by atomic mass is 10.1. The van der Waals surface area contributed by atoms with Crippen LogP contribution in [-0.4, -0.2) is 37.2 Å². The van der Waals surface area contributed by atoms with Crippen LogP contribution >= 0.6 is 0 Å². The minimum atomic E-state index is -0.971. The second kappa shape index (κ2) is 8.84. The van der Waals surface area contributed by atoms with E-state index in [1.54, 1.807) is 7.11 Å². The number of benzene rings is 1. The van der Waals surface area contributed by atoms with Gasteiger partial charge in [-0.2, -0.15) is 0 Å². The molecule has 21 heavy (non-hydrogen) atoms. The van der Waals surface area contributed by atoms with Crippen LogP contribution in [0.2, 0.25) is 0 Å². The van der Waals surface area contributed by atoms with Crippen LogP contribution in [0.1, 0.15) is 25.3 Å². The van der Waals surface area contributed by atoms with Gasteiger partial charge in [-0.05, 0) is 31.0 Å². The van der Waals surface area contributed by atoms with Crippen LogP contribution in [0.3, 0.4) is 0 Å². The molecule has 0 fully saturated rings. The Labute approximate surface area is 124 Å². The van der Waals surface area contributed by atoms with Gasteiger partial charge in [-0.3, -0.25) is 9.59 Å². The second-order valence-electron chi connectivity index (χ2n) is 4.41. The fourth-order valence-corrected chi connectivity index (χ4v) is 1.80. The molecule has 6 nitrogen and oxygen atoms in total. The summed E-state index contributed by atoms with van der Waals surface area (Å²) in [6.07, 6.45) is 0.494. The first-order chi connectivity index (χ1) is 10.1. The number of hydrogen-bond acceptors (Lipinski definition) is 4. The number of amides is 1. The molecule has 0 heterocycles. The lowest BCUT2D eigenvalue weighted by Gasteiger charge is -2.11. The molecule has 0 aliphatic carbocycles. The summed E-state index contributed by atoms with van der Waals surface area (Å²) in [4.78, 5) is 21.7. The number of carbonyl (C=O) groups excluding carboxylic acids is 1. The van der Waals surface area contributed by atoms with Gasteiger partial charge in [0.1, 0.15) is 0 Å². The molecule has 0 saturated heterocycles. The molecule has 116 valence electrons. The Balaban J connectivity index is 2.46. The quantitative estimate of drug-likeness (QED) is 0.723. The maximum Gasteiger partial charge on any atom is 0.303 e. The van der Waals surface area contributed by atoms with Crippen LogP contribution in [0, 0.1) is 0 Å². The van der Waals surface area contributed by atoms with Crippen molar-refractivity contribution in [3.05, 3.63) is 23.8 Å². The predicted octanol–water partition coefficient (Wildman–Crippen LogP) is 1.62. The summed E-state index contributed by atoms with van der Waals surface area (Å²) in [5.74, 6) is 0.124. The maximum absolute atomic E-state index is 11.4. The normalized spacial score (nSPS) is 10.0. The second-order valence-corrected chi connectivity index (χ2v) is 4.41. The van der Waals surface area contributed by atoms with E-state index in [4.69, 9.17) is 14.6 Å². The van der Waals surface area contributed by atoms with E-state index in [-0.39, 0.29) is 18.7 Å². The molecule has 1 aromatic rings. The Morgan fingerprint density at radius 1 is 1.24 bits per heavy atom. The van der Waals surface area contributed by atoms with Gasteiger partial charge >= 0.3 is 5.97 Å². The van der Waals surface area contributed by atoms with E-state index < -0.39 is 5.97 Å². The van der Waals surface area contributed by atoms with Crippen molar-refractivity contribution in [2.75, 3.05) is 20.3 Å². The zero-order valence-electron chi connectivity index (χ0n) is 12.3. The minimum absolute atomic E-state index is 0.00212. The number of carbonyl (C=O) groups is 2. The summed E-state index contributed by atoms with van der Waals surface area (Å²) in [5.41, 5.74) is 1.01. The van der Waals surface area contributed by atoms with Crippen molar-refractivity contribution < 1.29 is 24.2 Å². The Morgan fingerprint density at radius 3 is 2.62 bits per heavy atom. The summed E-state index contributed by atoms with van der Waals surface area (Å²) >= 11 is 0. The van der Waals surface area contributed by atoms with Crippen molar-refractivity contribution in [3.8, 4) is 11.5 Å². The summed E-state index contributed by atoms with van der Waals surface area (Å²) < 4.78 is 10.7. The predicted molar refractivity (Wildman–Crippen MR) is 77.7 cm³/mol. The number of methoxy groups -OCH3 is 1. The highest BCUT2D eigenvalue weighted by Crippen LogP contribution is 2.28. The first-order valence-electron chi connectivity index (χ1n) is 6.85. The monoisotopic (exact) mass is 295 g/mol. The van der Waals surface area contributed by atoms with Crippen molar-refractivity contribution in [2.45, 2.75) is 26.2 Å². The molecule has 6 heteroatoms. The van der Waals surface area contributed by atoms with E-state index >= 15 is 0 Å². The summed E-state index contributed by atoms with van der Waals surface area (Å²) in [5, 5.41) is 11.2. The lowest BCUT2D eigenvalue weighted by Crippen LogP contribution is -2.26. The zero-order valence-corrected chi connectivity index (χ0v) is 12.3. The molecule has 1 aromatic carbocycles. The first kappa shape index (κ1) is 16.8. The van der Waals surface area contributed by atoms with Crippen LogP contribution in [0.15, 0.2) is 18.2 Å². The molecule has 0 bridgehead atoms. The SMILES string of the molecule is CCOc1cc(CCNC(=O)CCC(=O)O)ccc1OC. The molecule has 0 aliphatic heterocycles. The lowest BCUT2D eigenvalue weighted by molar-refractivity contribution is -0.138. The first-order valence-corrected chi connectivity index (χ1v) is 6.85. The van der Waals surface area contributed by atoms with Crippen LogP contribution in [-0.2, 0) is 16.0 Å². The van der Waals surface area contributed by atoms with E-state index in [0.29, 0.717) is 31.1 Å². The molecule has 2 N–H and O–H groups in total. The molecule has 0 saturated carbocycles. The molecule has 1 amide bonds. The number of rotatable bonds is 9. The fraction of sp³-hybridized carbons (Fsp3) is 0.467. The molecular formula is C15H21NO5. The third-order valence-corrected chi connectivity index (χ3v) is 2.83. The standard InChI is InChI=1S/C15H21NO5/c1-3-21-13-10-11(4-5-12(13)20-2)8-9-16-14(17)6-7-15(18)19/h4-5,10H,3,6-9H2,1-2H3,(H,16,17)(H,18,19). The van der Waals surface area contributed by atoms with Crippen molar-refractivity contribution >= 4 is 11.9 Å². The molecule has 0 atom stereocenters. The average molecular weight is 295 g/mol. The molecular weight excluding hydrogens is 274 g/mol. The summed E-state index contributed by atoms with van der Waals surface area (Å²) in [7, 11) is 1.58. The topological polar surface area (TPSA) is 84.9 Å².